The third-order valence-electron chi connectivity index (χ3n) is 2.58. The second-order valence-corrected chi connectivity index (χ2v) is 6.35. The van der Waals surface area contributed by atoms with Gasteiger partial charge in [-0.25, -0.2) is 13.4 Å². The van der Waals surface area contributed by atoms with Crippen molar-refractivity contribution in [2.75, 3.05) is 17.7 Å². The number of nitrogens with zero attached hydrogens (tertiary/aromatic N) is 2. The summed E-state index contributed by atoms with van der Waals surface area (Å²) in [5.74, 6) is 0.596. The summed E-state index contributed by atoms with van der Waals surface area (Å²) in [6, 6.07) is 7.63. The van der Waals surface area contributed by atoms with Crippen molar-refractivity contribution in [3.05, 3.63) is 24.3 Å². The maximum Gasteiger partial charge on any atom is 0.201 e. The zero-order valence-corrected chi connectivity index (χ0v) is 10.4. The van der Waals surface area contributed by atoms with Crippen LogP contribution in [-0.4, -0.2) is 30.0 Å². The van der Waals surface area contributed by atoms with Crippen molar-refractivity contribution in [2.45, 2.75) is 13.0 Å². The average molecular weight is 253 g/mol. The van der Waals surface area contributed by atoms with Gasteiger partial charge in [-0.3, -0.25) is 0 Å². The van der Waals surface area contributed by atoms with E-state index >= 15 is 0 Å². The Morgan fingerprint density at radius 1 is 1.35 bits per heavy atom. The number of nitrogen functional groups attached to an aromatic ring is 1. The monoisotopic (exact) mass is 253 g/mol. The predicted molar refractivity (Wildman–Crippen MR) is 68.5 cm³/mol. The van der Waals surface area contributed by atoms with Gasteiger partial charge < -0.3 is 10.3 Å². The van der Waals surface area contributed by atoms with Gasteiger partial charge in [-0.15, -0.1) is 0 Å². The zero-order chi connectivity index (χ0) is 12.5. The Morgan fingerprint density at radius 3 is 2.76 bits per heavy atom. The van der Waals surface area contributed by atoms with Gasteiger partial charge in [0.1, 0.15) is 9.84 Å². The van der Waals surface area contributed by atoms with Gasteiger partial charge in [0.05, 0.1) is 16.8 Å². The predicted octanol–water partition coefficient (Wildman–Crippen LogP) is 1.05. The molecule has 2 aromatic rings. The number of hydrogen-bond acceptors (Lipinski definition) is 4. The molecule has 0 radical (unpaired) electrons. The van der Waals surface area contributed by atoms with Crippen molar-refractivity contribution in [3.63, 3.8) is 0 Å². The van der Waals surface area contributed by atoms with E-state index in [0.29, 0.717) is 18.9 Å². The summed E-state index contributed by atoms with van der Waals surface area (Å²) in [5, 5.41) is 0. The molecule has 0 atom stereocenters. The first-order chi connectivity index (χ1) is 7.97. The standard InChI is InChI=1S/C11H15N3O2S/c1-17(15,16)8-4-7-14-10-6-3-2-5-9(10)13-11(14)12/h2-3,5-6H,4,7-8H2,1H3,(H2,12,13). The molecule has 2 rings (SSSR count). The quantitative estimate of drug-likeness (QED) is 0.883. The topological polar surface area (TPSA) is 78.0 Å². The Kier molecular flexibility index (Phi) is 3.06. The Hall–Kier alpha value is -1.56. The Morgan fingerprint density at radius 2 is 2.06 bits per heavy atom. The summed E-state index contributed by atoms with van der Waals surface area (Å²) in [6.07, 6.45) is 1.78. The first-order valence-corrected chi connectivity index (χ1v) is 7.42. The van der Waals surface area contributed by atoms with E-state index < -0.39 is 9.84 Å². The minimum Gasteiger partial charge on any atom is -0.369 e. The molecule has 0 unspecified atom stereocenters. The number of fused-ring (bicyclic) bond motifs is 1. The number of rotatable bonds is 4. The van der Waals surface area contributed by atoms with Crippen LogP contribution in [0.15, 0.2) is 24.3 Å². The zero-order valence-electron chi connectivity index (χ0n) is 9.63. The van der Waals surface area contributed by atoms with E-state index in [4.69, 9.17) is 5.73 Å². The number of hydrogen-bond donors (Lipinski definition) is 1. The summed E-state index contributed by atoms with van der Waals surface area (Å²) >= 11 is 0. The fourth-order valence-electron chi connectivity index (χ4n) is 1.81. The lowest BCUT2D eigenvalue weighted by Gasteiger charge is -2.05. The molecule has 0 fully saturated rings. The van der Waals surface area contributed by atoms with Gasteiger partial charge in [0, 0.05) is 12.8 Å². The van der Waals surface area contributed by atoms with Crippen LogP contribution < -0.4 is 5.73 Å². The van der Waals surface area contributed by atoms with Crippen LogP contribution in [0.2, 0.25) is 0 Å². The average Bonchev–Trinajstić information content (AvgIpc) is 2.54. The van der Waals surface area contributed by atoms with Crippen LogP contribution in [0.1, 0.15) is 6.42 Å². The van der Waals surface area contributed by atoms with E-state index in [0.717, 1.165) is 11.0 Å². The number of aryl methyl sites for hydroxylation is 1. The highest BCUT2D eigenvalue weighted by Gasteiger charge is 2.08. The number of anilines is 1. The summed E-state index contributed by atoms with van der Waals surface area (Å²) in [4.78, 5) is 4.22. The minimum absolute atomic E-state index is 0.166. The largest absolute Gasteiger partial charge is 0.369 e. The first-order valence-electron chi connectivity index (χ1n) is 5.36. The maximum atomic E-state index is 11.1. The Balaban J connectivity index is 2.21. The van der Waals surface area contributed by atoms with Crippen molar-refractivity contribution in [1.29, 1.82) is 0 Å². The summed E-state index contributed by atoms with van der Waals surface area (Å²) in [6.45, 7) is 0.569. The molecule has 0 aliphatic carbocycles. The van der Waals surface area contributed by atoms with Gasteiger partial charge in [0.25, 0.3) is 0 Å². The normalized spacial score (nSPS) is 12.1. The number of imidazole rings is 1. The van der Waals surface area contributed by atoms with Crippen molar-refractivity contribution in [1.82, 2.24) is 9.55 Å². The molecule has 0 amide bonds. The molecule has 92 valence electrons. The van der Waals surface area contributed by atoms with Crippen LogP contribution in [0.5, 0.6) is 0 Å². The minimum atomic E-state index is -2.92. The van der Waals surface area contributed by atoms with Crippen LogP contribution in [-0.2, 0) is 16.4 Å². The third kappa shape index (κ3) is 2.76. The number of aromatic nitrogens is 2. The molecular weight excluding hydrogens is 238 g/mol. The van der Waals surface area contributed by atoms with E-state index in [1.165, 1.54) is 6.26 Å². The molecule has 0 aliphatic rings. The molecule has 0 spiro atoms. The van der Waals surface area contributed by atoms with E-state index in [1.807, 2.05) is 28.8 Å². The fourth-order valence-corrected chi connectivity index (χ4v) is 2.47. The second-order valence-electron chi connectivity index (χ2n) is 4.09. The molecule has 0 saturated carbocycles. The third-order valence-corrected chi connectivity index (χ3v) is 3.61. The number of para-hydroxylation sites is 2. The van der Waals surface area contributed by atoms with Crippen LogP contribution in [0, 0.1) is 0 Å². The van der Waals surface area contributed by atoms with Crippen LogP contribution >= 0.6 is 0 Å². The van der Waals surface area contributed by atoms with Crippen molar-refractivity contribution >= 4 is 26.8 Å². The lowest BCUT2D eigenvalue weighted by Crippen LogP contribution is -2.09. The highest BCUT2D eigenvalue weighted by Crippen LogP contribution is 2.17. The summed E-state index contributed by atoms with van der Waals surface area (Å²) in [5.41, 5.74) is 7.59. The van der Waals surface area contributed by atoms with Crippen molar-refractivity contribution in [2.24, 2.45) is 0 Å². The SMILES string of the molecule is CS(=O)(=O)CCCn1c(N)nc2ccccc21. The van der Waals surface area contributed by atoms with Gasteiger partial charge in [-0.1, -0.05) is 12.1 Å². The molecule has 0 bridgehead atoms. The van der Waals surface area contributed by atoms with E-state index in [2.05, 4.69) is 4.98 Å². The van der Waals surface area contributed by atoms with Crippen molar-refractivity contribution < 1.29 is 8.42 Å². The van der Waals surface area contributed by atoms with Gasteiger partial charge in [-0.05, 0) is 18.6 Å². The first kappa shape index (κ1) is 11.9. The van der Waals surface area contributed by atoms with E-state index in [1.54, 1.807) is 0 Å². The number of sulfone groups is 1. The molecular formula is C11H15N3O2S. The molecule has 1 aromatic carbocycles. The van der Waals surface area contributed by atoms with Crippen LogP contribution in [0.4, 0.5) is 5.95 Å². The molecule has 17 heavy (non-hydrogen) atoms. The summed E-state index contributed by atoms with van der Waals surface area (Å²) in [7, 11) is -2.92. The van der Waals surface area contributed by atoms with Crippen LogP contribution in [0.25, 0.3) is 11.0 Å². The maximum absolute atomic E-state index is 11.1. The highest BCUT2D eigenvalue weighted by molar-refractivity contribution is 7.90. The smallest absolute Gasteiger partial charge is 0.201 e. The molecule has 0 saturated heterocycles. The lowest BCUT2D eigenvalue weighted by molar-refractivity contribution is 0.594. The van der Waals surface area contributed by atoms with Crippen LogP contribution in [0.3, 0.4) is 0 Å². The Labute approximate surface area is 100 Å². The lowest BCUT2D eigenvalue weighted by atomic mass is 10.3. The van der Waals surface area contributed by atoms with E-state index in [-0.39, 0.29) is 5.75 Å². The molecule has 0 aliphatic heterocycles. The second kappa shape index (κ2) is 4.37. The highest BCUT2D eigenvalue weighted by atomic mass is 32.2. The molecule has 1 aromatic heterocycles. The van der Waals surface area contributed by atoms with Crippen molar-refractivity contribution in [3.8, 4) is 0 Å². The van der Waals surface area contributed by atoms with Gasteiger partial charge >= 0.3 is 0 Å². The molecule has 5 nitrogen and oxygen atoms in total. The van der Waals surface area contributed by atoms with Gasteiger partial charge in [0.15, 0.2) is 0 Å². The molecule has 1 heterocycles. The van der Waals surface area contributed by atoms with Gasteiger partial charge in [0.2, 0.25) is 5.95 Å². The molecule has 6 heteroatoms. The van der Waals surface area contributed by atoms with Gasteiger partial charge in [-0.2, -0.15) is 0 Å². The summed E-state index contributed by atoms with van der Waals surface area (Å²) < 4.78 is 24.0. The number of nitrogens with two attached hydrogens (primary N) is 1. The number of benzene rings is 1. The Bertz CT molecular complexity index is 631. The molecule has 2 N–H and O–H groups in total. The fraction of sp³-hybridized carbons (Fsp3) is 0.364. The van der Waals surface area contributed by atoms with E-state index in [9.17, 15) is 8.42 Å².